The van der Waals surface area contributed by atoms with Gasteiger partial charge in [-0.25, -0.2) is 0 Å². The Morgan fingerprint density at radius 3 is 2.62 bits per heavy atom. The lowest BCUT2D eigenvalue weighted by Crippen LogP contribution is -2.60. The van der Waals surface area contributed by atoms with Crippen LogP contribution < -0.4 is 10.2 Å². The van der Waals surface area contributed by atoms with Crippen LogP contribution in [0.1, 0.15) is 34.1 Å². The van der Waals surface area contributed by atoms with Crippen LogP contribution in [0.15, 0.2) is 18.2 Å². The fourth-order valence-corrected chi connectivity index (χ4v) is 3.45. The summed E-state index contributed by atoms with van der Waals surface area (Å²) in [6, 6.07) is 6.87. The number of piperazine rings is 1. The van der Waals surface area contributed by atoms with Crippen LogP contribution >= 0.6 is 23.2 Å². The Labute approximate surface area is 138 Å². The first-order chi connectivity index (χ1) is 9.95. The molecule has 1 N–H and O–H groups in total. The molecule has 4 heteroatoms. The van der Waals surface area contributed by atoms with Crippen LogP contribution in [-0.4, -0.2) is 25.2 Å². The number of benzene rings is 1. The molecule has 0 aromatic heterocycles. The van der Waals surface area contributed by atoms with Crippen molar-refractivity contribution in [2.24, 2.45) is 11.8 Å². The largest absolute Gasteiger partial charge is 0.364 e. The average Bonchev–Trinajstić information content (AvgIpc) is 2.48. The van der Waals surface area contributed by atoms with Crippen molar-refractivity contribution in [1.29, 1.82) is 0 Å². The van der Waals surface area contributed by atoms with Crippen molar-refractivity contribution >= 4 is 28.9 Å². The van der Waals surface area contributed by atoms with E-state index in [1.54, 1.807) is 0 Å². The number of nitrogens with zero attached hydrogens (tertiary/aromatic N) is 1. The van der Waals surface area contributed by atoms with Gasteiger partial charge in [0.2, 0.25) is 0 Å². The van der Waals surface area contributed by atoms with Gasteiger partial charge in [-0.05, 0) is 24.0 Å². The molecule has 3 atom stereocenters. The van der Waals surface area contributed by atoms with Crippen molar-refractivity contribution in [2.75, 3.05) is 18.0 Å². The van der Waals surface area contributed by atoms with Crippen LogP contribution in [0, 0.1) is 11.8 Å². The second-order valence-electron chi connectivity index (χ2n) is 6.44. The van der Waals surface area contributed by atoms with Crippen molar-refractivity contribution < 1.29 is 0 Å². The monoisotopic (exact) mass is 328 g/mol. The van der Waals surface area contributed by atoms with Gasteiger partial charge in [0, 0.05) is 25.2 Å². The summed E-state index contributed by atoms with van der Waals surface area (Å²) in [6.07, 6.45) is 1.18. The maximum Gasteiger partial charge on any atom is 0.0825 e. The van der Waals surface area contributed by atoms with Gasteiger partial charge < -0.3 is 10.2 Å². The number of hydrogen-bond acceptors (Lipinski definition) is 2. The van der Waals surface area contributed by atoms with E-state index in [4.69, 9.17) is 23.2 Å². The lowest BCUT2D eigenvalue weighted by atomic mass is 9.91. The lowest BCUT2D eigenvalue weighted by molar-refractivity contribution is 0.281. The number of hydrogen-bond donors (Lipinski definition) is 1. The SMILES string of the molecule is CCC(C)C1CN(c2cccc(Cl)c2Cl)C(C(C)C)CN1. The van der Waals surface area contributed by atoms with E-state index >= 15 is 0 Å². The van der Waals surface area contributed by atoms with Crippen LogP contribution in [0.2, 0.25) is 10.0 Å². The molecule has 0 amide bonds. The third kappa shape index (κ3) is 3.67. The lowest BCUT2D eigenvalue weighted by Gasteiger charge is -2.45. The van der Waals surface area contributed by atoms with Crippen LogP contribution in [0.5, 0.6) is 0 Å². The van der Waals surface area contributed by atoms with E-state index in [0.717, 1.165) is 18.8 Å². The quantitative estimate of drug-likeness (QED) is 0.850. The number of nitrogens with one attached hydrogen (secondary N) is 1. The number of rotatable bonds is 4. The summed E-state index contributed by atoms with van der Waals surface area (Å²) < 4.78 is 0. The second kappa shape index (κ2) is 7.21. The van der Waals surface area contributed by atoms with Crippen molar-refractivity contribution in [3.8, 4) is 0 Å². The minimum absolute atomic E-state index is 0.446. The maximum absolute atomic E-state index is 6.46. The number of halogens is 2. The van der Waals surface area contributed by atoms with Gasteiger partial charge >= 0.3 is 0 Å². The van der Waals surface area contributed by atoms with Crippen LogP contribution in [0.25, 0.3) is 0 Å². The first kappa shape index (κ1) is 16.9. The van der Waals surface area contributed by atoms with Crippen molar-refractivity contribution in [3.63, 3.8) is 0 Å². The fraction of sp³-hybridized carbons (Fsp3) is 0.647. The zero-order chi connectivity index (χ0) is 15.6. The van der Waals surface area contributed by atoms with Crippen molar-refractivity contribution in [3.05, 3.63) is 28.2 Å². The normalized spacial score (nSPS) is 24.4. The van der Waals surface area contributed by atoms with Crippen LogP contribution in [0.3, 0.4) is 0 Å². The molecule has 3 unspecified atom stereocenters. The Bertz CT molecular complexity index is 476. The van der Waals surface area contributed by atoms with E-state index in [1.807, 2.05) is 12.1 Å². The van der Waals surface area contributed by atoms with Gasteiger partial charge in [0.25, 0.3) is 0 Å². The number of anilines is 1. The maximum atomic E-state index is 6.46. The molecule has 21 heavy (non-hydrogen) atoms. The summed E-state index contributed by atoms with van der Waals surface area (Å²) in [5.41, 5.74) is 1.07. The smallest absolute Gasteiger partial charge is 0.0825 e. The summed E-state index contributed by atoms with van der Waals surface area (Å²) in [5, 5.41) is 5.03. The Kier molecular flexibility index (Phi) is 5.81. The first-order valence-electron chi connectivity index (χ1n) is 7.89. The minimum Gasteiger partial charge on any atom is -0.364 e. The van der Waals surface area contributed by atoms with E-state index in [-0.39, 0.29) is 0 Å². The third-order valence-electron chi connectivity index (χ3n) is 4.72. The fourth-order valence-electron chi connectivity index (χ4n) is 3.05. The molecule has 1 aromatic rings. The van der Waals surface area contributed by atoms with Crippen molar-refractivity contribution in [2.45, 2.75) is 46.2 Å². The van der Waals surface area contributed by atoms with Crippen molar-refractivity contribution in [1.82, 2.24) is 5.32 Å². The Balaban J connectivity index is 2.31. The molecule has 0 saturated carbocycles. The van der Waals surface area contributed by atoms with E-state index in [0.29, 0.717) is 34.0 Å². The molecule has 1 aliphatic heterocycles. The highest BCUT2D eigenvalue weighted by Crippen LogP contribution is 2.36. The van der Waals surface area contributed by atoms with E-state index < -0.39 is 0 Å². The van der Waals surface area contributed by atoms with Crippen LogP contribution in [0.4, 0.5) is 5.69 Å². The second-order valence-corrected chi connectivity index (χ2v) is 7.22. The molecule has 1 aromatic carbocycles. The predicted molar refractivity (Wildman–Crippen MR) is 93.7 cm³/mol. The molecule has 0 spiro atoms. The third-order valence-corrected chi connectivity index (χ3v) is 5.53. The zero-order valence-corrected chi connectivity index (χ0v) is 14.9. The highest BCUT2D eigenvalue weighted by Gasteiger charge is 2.33. The van der Waals surface area contributed by atoms with Gasteiger partial charge in [0.05, 0.1) is 15.7 Å². The topological polar surface area (TPSA) is 15.3 Å². The first-order valence-corrected chi connectivity index (χ1v) is 8.65. The molecule has 1 fully saturated rings. The van der Waals surface area contributed by atoms with E-state index in [1.165, 1.54) is 6.42 Å². The molecule has 0 bridgehead atoms. The van der Waals surface area contributed by atoms with Gasteiger partial charge in [-0.2, -0.15) is 0 Å². The molecule has 1 aliphatic rings. The molecular weight excluding hydrogens is 303 g/mol. The predicted octanol–water partition coefficient (Wildman–Crippen LogP) is 4.84. The van der Waals surface area contributed by atoms with E-state index in [2.05, 4.69) is 44.0 Å². The molecule has 118 valence electrons. The molecule has 2 nitrogen and oxygen atoms in total. The highest BCUT2D eigenvalue weighted by atomic mass is 35.5. The van der Waals surface area contributed by atoms with Gasteiger partial charge in [0.15, 0.2) is 0 Å². The van der Waals surface area contributed by atoms with E-state index in [9.17, 15) is 0 Å². The molecule has 1 saturated heterocycles. The molecule has 1 heterocycles. The summed E-state index contributed by atoms with van der Waals surface area (Å²) >= 11 is 12.7. The standard InChI is InChI=1S/C17H26Cl2N2/c1-5-12(4)14-10-21(16(9-20-14)11(2)3)15-8-6-7-13(18)17(15)19/h6-8,11-12,14,16,20H,5,9-10H2,1-4H3. The Hall–Kier alpha value is -0.440. The summed E-state index contributed by atoms with van der Waals surface area (Å²) in [5.74, 6) is 1.21. The van der Waals surface area contributed by atoms with Gasteiger partial charge in [0.1, 0.15) is 0 Å². The Morgan fingerprint density at radius 1 is 1.29 bits per heavy atom. The highest BCUT2D eigenvalue weighted by molar-refractivity contribution is 6.43. The zero-order valence-electron chi connectivity index (χ0n) is 13.4. The summed E-state index contributed by atoms with van der Waals surface area (Å²) in [7, 11) is 0. The summed E-state index contributed by atoms with van der Waals surface area (Å²) in [4.78, 5) is 2.45. The molecule has 0 radical (unpaired) electrons. The summed E-state index contributed by atoms with van der Waals surface area (Å²) in [6.45, 7) is 11.1. The Morgan fingerprint density at radius 2 is 2.00 bits per heavy atom. The van der Waals surface area contributed by atoms with Crippen LogP contribution in [-0.2, 0) is 0 Å². The van der Waals surface area contributed by atoms with Gasteiger partial charge in [-0.1, -0.05) is 63.4 Å². The average molecular weight is 329 g/mol. The molecule has 2 rings (SSSR count). The minimum atomic E-state index is 0.446. The molecule has 0 aliphatic carbocycles. The molecular formula is C17H26Cl2N2. The van der Waals surface area contributed by atoms with Gasteiger partial charge in [-0.3, -0.25) is 0 Å². The van der Waals surface area contributed by atoms with Gasteiger partial charge in [-0.15, -0.1) is 0 Å².